The van der Waals surface area contributed by atoms with Crippen LogP contribution < -0.4 is 16.6 Å². The molecule has 0 fully saturated rings. The summed E-state index contributed by atoms with van der Waals surface area (Å²) in [6, 6.07) is 2.11. The van der Waals surface area contributed by atoms with E-state index in [9.17, 15) is 0 Å². The van der Waals surface area contributed by atoms with Crippen LogP contribution in [-0.2, 0) is 0 Å². The molecule has 0 saturated heterocycles. The molecule has 0 saturated carbocycles. The van der Waals surface area contributed by atoms with Crippen LogP contribution in [0.3, 0.4) is 0 Å². The number of fused-ring (bicyclic) bond motifs is 1. The molecule has 0 spiro atoms. The number of thiophene rings is 1. The Hall–Kier alpha value is -1.44. The minimum atomic E-state index is 0.449. The largest absolute Gasteiger partial charge is 0.368 e. The number of rotatable bonds is 7. The summed E-state index contributed by atoms with van der Waals surface area (Å²) in [5.74, 6) is 6.73. The van der Waals surface area contributed by atoms with Crippen molar-refractivity contribution in [3.05, 3.63) is 10.9 Å². The van der Waals surface area contributed by atoms with Gasteiger partial charge < -0.3 is 10.2 Å². The van der Waals surface area contributed by atoms with Crippen LogP contribution in [-0.4, -0.2) is 41.0 Å². The summed E-state index contributed by atoms with van der Waals surface area (Å²) in [4.78, 5) is 13.3. The van der Waals surface area contributed by atoms with E-state index >= 15 is 0 Å². The van der Waals surface area contributed by atoms with E-state index in [1.807, 2.05) is 0 Å². The first-order valence-electron chi connectivity index (χ1n) is 6.89. The summed E-state index contributed by atoms with van der Waals surface area (Å²) < 4.78 is 0. The Balaban J connectivity index is 2.15. The van der Waals surface area contributed by atoms with E-state index < -0.39 is 0 Å². The molecule has 0 atom stereocenters. The molecule has 0 aliphatic heterocycles. The van der Waals surface area contributed by atoms with Crippen LogP contribution in [0.4, 0.5) is 11.8 Å². The summed E-state index contributed by atoms with van der Waals surface area (Å²) in [6.45, 7) is 10.4. The smallest absolute Gasteiger partial charge is 0.240 e. The maximum absolute atomic E-state index is 5.43. The summed E-state index contributed by atoms with van der Waals surface area (Å²) in [7, 11) is 0. The summed E-state index contributed by atoms with van der Waals surface area (Å²) in [5.41, 5.74) is 2.52. The minimum absolute atomic E-state index is 0.449. The summed E-state index contributed by atoms with van der Waals surface area (Å²) in [5, 5.41) is 4.45. The van der Waals surface area contributed by atoms with Gasteiger partial charge in [0.25, 0.3) is 0 Å². The third kappa shape index (κ3) is 3.36. The molecule has 0 unspecified atom stereocenters. The van der Waals surface area contributed by atoms with Gasteiger partial charge in [-0.1, -0.05) is 13.8 Å². The molecule has 2 aromatic rings. The Morgan fingerprint density at radius 2 is 2.05 bits per heavy atom. The van der Waals surface area contributed by atoms with Gasteiger partial charge in [0.2, 0.25) is 5.95 Å². The first kappa shape index (κ1) is 15.0. The maximum Gasteiger partial charge on any atom is 0.240 e. The van der Waals surface area contributed by atoms with E-state index in [0.29, 0.717) is 5.95 Å². The van der Waals surface area contributed by atoms with Crippen LogP contribution >= 0.6 is 11.3 Å². The predicted molar refractivity (Wildman–Crippen MR) is 86.2 cm³/mol. The van der Waals surface area contributed by atoms with Crippen molar-refractivity contribution in [1.82, 2.24) is 14.9 Å². The Labute approximate surface area is 123 Å². The molecule has 2 rings (SSSR count). The number of nitrogens with zero attached hydrogens (tertiary/aromatic N) is 3. The number of aromatic nitrogens is 2. The van der Waals surface area contributed by atoms with Crippen molar-refractivity contribution in [2.45, 2.75) is 20.8 Å². The molecule has 0 amide bonds. The molecule has 2 heterocycles. The van der Waals surface area contributed by atoms with E-state index in [1.54, 1.807) is 11.3 Å². The van der Waals surface area contributed by atoms with Crippen LogP contribution in [0.1, 0.15) is 18.7 Å². The lowest BCUT2D eigenvalue weighted by molar-refractivity contribution is 0.316. The van der Waals surface area contributed by atoms with Gasteiger partial charge in [0.05, 0.1) is 5.39 Å². The topological polar surface area (TPSA) is 79.1 Å². The minimum Gasteiger partial charge on any atom is -0.368 e. The maximum atomic E-state index is 5.43. The molecule has 0 aliphatic rings. The number of hydrogen-bond donors (Lipinski definition) is 3. The van der Waals surface area contributed by atoms with Gasteiger partial charge in [-0.25, -0.2) is 10.8 Å². The highest BCUT2D eigenvalue weighted by molar-refractivity contribution is 7.18. The number of anilines is 2. The normalized spacial score (nSPS) is 11.2. The van der Waals surface area contributed by atoms with Crippen molar-refractivity contribution in [1.29, 1.82) is 0 Å². The molecule has 0 bridgehead atoms. The lowest BCUT2D eigenvalue weighted by Gasteiger charge is -2.18. The fourth-order valence-electron chi connectivity index (χ4n) is 2.11. The molecular weight excluding hydrogens is 272 g/mol. The van der Waals surface area contributed by atoms with E-state index in [-0.39, 0.29) is 0 Å². The SMILES string of the molecule is CCN(CC)CCNc1nc(NN)nc2sc(C)cc12. The lowest BCUT2D eigenvalue weighted by Crippen LogP contribution is -2.28. The fraction of sp³-hybridized carbons (Fsp3) is 0.538. The molecule has 6 nitrogen and oxygen atoms in total. The zero-order chi connectivity index (χ0) is 14.5. The first-order valence-corrected chi connectivity index (χ1v) is 7.70. The Morgan fingerprint density at radius 1 is 1.30 bits per heavy atom. The third-order valence-electron chi connectivity index (χ3n) is 3.26. The molecule has 0 aromatic carbocycles. The molecule has 110 valence electrons. The van der Waals surface area contributed by atoms with E-state index in [4.69, 9.17) is 5.84 Å². The third-order valence-corrected chi connectivity index (χ3v) is 4.20. The molecule has 7 heteroatoms. The number of hydrazine groups is 1. The van der Waals surface area contributed by atoms with E-state index in [1.165, 1.54) is 4.88 Å². The lowest BCUT2D eigenvalue weighted by atomic mass is 10.3. The molecular formula is C13H22N6S. The van der Waals surface area contributed by atoms with Crippen molar-refractivity contribution >= 4 is 33.3 Å². The fourth-order valence-corrected chi connectivity index (χ4v) is 2.99. The Kier molecular flexibility index (Phi) is 5.11. The standard InChI is InChI=1S/C13H22N6S/c1-4-19(5-2)7-6-15-11-10-8-9(3)20-12(10)17-13(16-11)18-14/h8H,4-7,14H2,1-3H3,(H2,15,16,17,18). The van der Waals surface area contributed by atoms with Gasteiger partial charge in [0.1, 0.15) is 10.6 Å². The van der Waals surface area contributed by atoms with E-state index in [2.05, 4.69) is 52.4 Å². The number of hydrogen-bond acceptors (Lipinski definition) is 7. The molecule has 4 N–H and O–H groups in total. The van der Waals surface area contributed by atoms with Gasteiger partial charge in [-0.2, -0.15) is 4.98 Å². The van der Waals surface area contributed by atoms with Crippen LogP contribution in [0.15, 0.2) is 6.07 Å². The van der Waals surface area contributed by atoms with E-state index in [0.717, 1.165) is 42.2 Å². The summed E-state index contributed by atoms with van der Waals surface area (Å²) >= 11 is 1.65. The van der Waals surface area contributed by atoms with Crippen molar-refractivity contribution in [2.75, 3.05) is 36.9 Å². The second kappa shape index (κ2) is 6.83. The van der Waals surface area contributed by atoms with Crippen LogP contribution in [0, 0.1) is 6.92 Å². The quantitative estimate of drug-likeness (QED) is 0.536. The highest BCUT2D eigenvalue weighted by Gasteiger charge is 2.10. The first-order chi connectivity index (χ1) is 9.67. The van der Waals surface area contributed by atoms with Gasteiger partial charge in [0.15, 0.2) is 0 Å². The number of likely N-dealkylation sites (N-methyl/N-ethyl adjacent to an activating group) is 1. The van der Waals surface area contributed by atoms with Gasteiger partial charge in [-0.3, -0.25) is 5.43 Å². The molecule has 2 aromatic heterocycles. The number of nitrogens with two attached hydrogens (primary N) is 1. The van der Waals surface area contributed by atoms with Crippen LogP contribution in [0.25, 0.3) is 10.2 Å². The van der Waals surface area contributed by atoms with Crippen molar-refractivity contribution in [3.8, 4) is 0 Å². The van der Waals surface area contributed by atoms with Crippen molar-refractivity contribution < 1.29 is 0 Å². The van der Waals surface area contributed by atoms with Gasteiger partial charge in [-0.15, -0.1) is 11.3 Å². The predicted octanol–water partition coefficient (Wildman–Crippen LogP) is 2.04. The van der Waals surface area contributed by atoms with Crippen molar-refractivity contribution in [2.24, 2.45) is 5.84 Å². The molecule has 0 aliphatic carbocycles. The van der Waals surface area contributed by atoms with Crippen LogP contribution in [0.2, 0.25) is 0 Å². The average molecular weight is 294 g/mol. The number of nitrogen functional groups attached to an aromatic ring is 1. The van der Waals surface area contributed by atoms with Crippen molar-refractivity contribution in [3.63, 3.8) is 0 Å². The van der Waals surface area contributed by atoms with Crippen LogP contribution in [0.5, 0.6) is 0 Å². The average Bonchev–Trinajstić information content (AvgIpc) is 2.83. The molecule has 0 radical (unpaired) electrons. The monoisotopic (exact) mass is 294 g/mol. The zero-order valence-corrected chi connectivity index (χ0v) is 13.0. The highest BCUT2D eigenvalue weighted by Crippen LogP contribution is 2.29. The molecule has 20 heavy (non-hydrogen) atoms. The van der Waals surface area contributed by atoms with Gasteiger partial charge >= 0.3 is 0 Å². The second-order valence-electron chi connectivity index (χ2n) is 4.57. The summed E-state index contributed by atoms with van der Waals surface area (Å²) in [6.07, 6.45) is 0. The highest BCUT2D eigenvalue weighted by atomic mass is 32.1. The second-order valence-corrected chi connectivity index (χ2v) is 5.80. The van der Waals surface area contributed by atoms with Gasteiger partial charge in [0, 0.05) is 18.0 Å². The Morgan fingerprint density at radius 3 is 2.70 bits per heavy atom. The number of aryl methyl sites for hydroxylation is 1. The van der Waals surface area contributed by atoms with Gasteiger partial charge in [-0.05, 0) is 26.1 Å². The number of nitrogens with one attached hydrogen (secondary N) is 2. The Bertz CT molecular complexity index is 563. The zero-order valence-electron chi connectivity index (χ0n) is 12.2.